The molecule has 0 aliphatic carbocycles. The number of carbonyl (C=O) groups excluding carboxylic acids is 3. The Kier molecular flexibility index (Phi) is 6.81. The van der Waals surface area contributed by atoms with E-state index in [4.69, 9.17) is 9.47 Å². The van der Waals surface area contributed by atoms with E-state index in [-0.39, 0.29) is 19.6 Å². The van der Waals surface area contributed by atoms with Gasteiger partial charge in [-0.05, 0) is 13.0 Å². The van der Waals surface area contributed by atoms with E-state index in [1.54, 1.807) is 25.1 Å². The highest BCUT2D eigenvalue weighted by molar-refractivity contribution is 6.38. The molecule has 1 saturated heterocycles. The van der Waals surface area contributed by atoms with Crippen LogP contribution in [0.4, 0.5) is 4.79 Å². The molecule has 8 nitrogen and oxygen atoms in total. The normalized spacial score (nSPS) is 14.2. The summed E-state index contributed by atoms with van der Waals surface area (Å²) in [4.78, 5) is 41.2. The highest BCUT2D eigenvalue weighted by Crippen LogP contribution is 2.31. The van der Waals surface area contributed by atoms with Gasteiger partial charge in [0.1, 0.15) is 0 Å². The summed E-state index contributed by atoms with van der Waals surface area (Å²) >= 11 is 0. The molecule has 4 amide bonds. The second kappa shape index (κ2) is 9.07. The zero-order valence-corrected chi connectivity index (χ0v) is 15.9. The lowest BCUT2D eigenvalue weighted by molar-refractivity contribution is -0.153. The Morgan fingerprint density at radius 3 is 2.56 bits per heavy atom. The first-order valence-electron chi connectivity index (χ1n) is 8.68. The number of carbonyl (C=O) groups is 3. The second-order valence-corrected chi connectivity index (χ2v) is 5.95. The Balaban J connectivity index is 2.25. The number of hydrogen-bond acceptors (Lipinski definition) is 5. The molecule has 1 fully saturated rings. The molecule has 1 aromatic rings. The van der Waals surface area contributed by atoms with Crippen molar-refractivity contribution < 1.29 is 23.9 Å². The number of benzene rings is 1. The van der Waals surface area contributed by atoms with Gasteiger partial charge in [-0.3, -0.25) is 14.5 Å². The molecule has 1 aliphatic heterocycles. The number of hydrogen-bond donors (Lipinski definition) is 0. The van der Waals surface area contributed by atoms with Crippen LogP contribution in [0.2, 0.25) is 0 Å². The lowest BCUT2D eigenvalue weighted by atomic mass is 10.1. The summed E-state index contributed by atoms with van der Waals surface area (Å²) < 4.78 is 10.7. The van der Waals surface area contributed by atoms with Crippen molar-refractivity contribution in [2.45, 2.75) is 13.5 Å². The maximum Gasteiger partial charge on any atom is 0.327 e. The zero-order valence-electron chi connectivity index (χ0n) is 15.9. The maximum atomic E-state index is 12.9. The molecule has 0 spiro atoms. The standard InChI is InChI=1S/C19H25N3O5/c1-5-10-21(13-14-8-7-9-15(26-3)16(14)27-4)19(25)22-12-11-20(6-2)17(23)18(22)24/h5,7-9H,1,6,10-13H2,2-4H3. The van der Waals surface area contributed by atoms with Crippen molar-refractivity contribution in [3.8, 4) is 11.5 Å². The third-order valence-corrected chi connectivity index (χ3v) is 4.39. The van der Waals surface area contributed by atoms with Crippen LogP contribution in [-0.4, -0.2) is 72.9 Å². The van der Waals surface area contributed by atoms with Gasteiger partial charge in [0.25, 0.3) is 0 Å². The Bertz CT molecular complexity index is 734. The molecular formula is C19H25N3O5. The average molecular weight is 375 g/mol. The minimum Gasteiger partial charge on any atom is -0.493 e. The smallest absolute Gasteiger partial charge is 0.327 e. The first-order chi connectivity index (χ1) is 13.0. The molecule has 0 unspecified atom stereocenters. The highest BCUT2D eigenvalue weighted by atomic mass is 16.5. The first kappa shape index (κ1) is 20.3. The lowest BCUT2D eigenvalue weighted by Gasteiger charge is -2.35. The predicted molar refractivity (Wildman–Crippen MR) is 99.5 cm³/mol. The molecule has 0 aromatic heterocycles. The predicted octanol–water partition coefficient (Wildman–Crippen LogP) is 1.50. The summed E-state index contributed by atoms with van der Waals surface area (Å²) in [5, 5.41) is 0. The van der Waals surface area contributed by atoms with Crippen LogP contribution in [0.25, 0.3) is 0 Å². The van der Waals surface area contributed by atoms with Crippen molar-refractivity contribution in [3.63, 3.8) is 0 Å². The molecule has 0 saturated carbocycles. The summed E-state index contributed by atoms with van der Waals surface area (Å²) in [6.45, 7) is 6.80. The van der Waals surface area contributed by atoms with Crippen LogP contribution < -0.4 is 9.47 Å². The van der Waals surface area contributed by atoms with Crippen molar-refractivity contribution in [2.75, 3.05) is 40.4 Å². The van der Waals surface area contributed by atoms with Crippen LogP contribution in [0.3, 0.4) is 0 Å². The third-order valence-electron chi connectivity index (χ3n) is 4.39. The van der Waals surface area contributed by atoms with Gasteiger partial charge in [0.05, 0.1) is 20.8 Å². The van der Waals surface area contributed by atoms with Gasteiger partial charge in [0.15, 0.2) is 11.5 Å². The van der Waals surface area contributed by atoms with E-state index in [2.05, 4.69) is 6.58 Å². The van der Waals surface area contributed by atoms with Crippen LogP contribution in [-0.2, 0) is 16.1 Å². The molecule has 1 aliphatic rings. The van der Waals surface area contributed by atoms with Gasteiger partial charge < -0.3 is 19.3 Å². The van der Waals surface area contributed by atoms with Crippen molar-refractivity contribution in [1.29, 1.82) is 0 Å². The number of rotatable bonds is 7. The van der Waals surface area contributed by atoms with Crippen LogP contribution in [0.15, 0.2) is 30.9 Å². The molecule has 0 radical (unpaired) electrons. The Morgan fingerprint density at radius 2 is 1.96 bits per heavy atom. The average Bonchev–Trinajstić information content (AvgIpc) is 2.68. The molecule has 1 aromatic carbocycles. The van der Waals surface area contributed by atoms with E-state index >= 15 is 0 Å². The highest BCUT2D eigenvalue weighted by Gasteiger charge is 2.37. The Hall–Kier alpha value is -3.03. The molecule has 146 valence electrons. The molecule has 27 heavy (non-hydrogen) atoms. The molecule has 2 rings (SSSR count). The molecule has 0 atom stereocenters. The summed E-state index contributed by atoms with van der Waals surface area (Å²) in [5.74, 6) is -0.404. The van der Waals surface area contributed by atoms with Crippen LogP contribution in [0.1, 0.15) is 12.5 Å². The Morgan fingerprint density at radius 1 is 1.22 bits per heavy atom. The summed E-state index contributed by atoms with van der Waals surface area (Å²) in [7, 11) is 3.05. The van der Waals surface area contributed by atoms with E-state index in [9.17, 15) is 14.4 Å². The number of para-hydroxylation sites is 1. The fraction of sp³-hybridized carbons (Fsp3) is 0.421. The molecule has 1 heterocycles. The second-order valence-electron chi connectivity index (χ2n) is 5.95. The van der Waals surface area contributed by atoms with Gasteiger partial charge in [0.2, 0.25) is 0 Å². The van der Waals surface area contributed by atoms with E-state index in [1.165, 1.54) is 24.0 Å². The van der Waals surface area contributed by atoms with E-state index in [0.29, 0.717) is 24.6 Å². The fourth-order valence-electron chi connectivity index (χ4n) is 2.98. The number of amides is 4. The topological polar surface area (TPSA) is 79.4 Å². The van der Waals surface area contributed by atoms with Crippen LogP contribution in [0.5, 0.6) is 11.5 Å². The van der Waals surface area contributed by atoms with Crippen molar-refractivity contribution in [3.05, 3.63) is 36.4 Å². The minimum atomic E-state index is -0.806. The maximum absolute atomic E-state index is 12.9. The van der Waals surface area contributed by atoms with Gasteiger partial charge in [-0.1, -0.05) is 18.2 Å². The van der Waals surface area contributed by atoms with Gasteiger partial charge in [0, 0.05) is 31.7 Å². The number of methoxy groups -OCH3 is 2. The van der Waals surface area contributed by atoms with Crippen LogP contribution in [0, 0.1) is 0 Å². The van der Waals surface area contributed by atoms with E-state index in [1.807, 2.05) is 6.07 Å². The van der Waals surface area contributed by atoms with Gasteiger partial charge in [-0.25, -0.2) is 4.79 Å². The molecule has 0 bridgehead atoms. The van der Waals surface area contributed by atoms with Gasteiger partial charge in [-0.2, -0.15) is 0 Å². The van der Waals surface area contributed by atoms with Crippen LogP contribution >= 0.6 is 0 Å². The zero-order chi connectivity index (χ0) is 20.0. The SMILES string of the molecule is C=CCN(Cc1cccc(OC)c1OC)C(=O)N1CCN(CC)C(=O)C1=O. The number of imide groups is 1. The van der Waals surface area contributed by atoms with Gasteiger partial charge >= 0.3 is 17.8 Å². The third kappa shape index (κ3) is 4.21. The largest absolute Gasteiger partial charge is 0.493 e. The van der Waals surface area contributed by atoms with E-state index in [0.717, 1.165) is 10.5 Å². The number of likely N-dealkylation sites (N-methyl/N-ethyl adjacent to an activating group) is 1. The van der Waals surface area contributed by atoms with Crippen molar-refractivity contribution >= 4 is 17.8 Å². The fourth-order valence-corrected chi connectivity index (χ4v) is 2.98. The molecule has 0 N–H and O–H groups in total. The Labute approximate surface area is 158 Å². The quantitative estimate of drug-likeness (QED) is 0.533. The van der Waals surface area contributed by atoms with Crippen molar-refractivity contribution in [1.82, 2.24) is 14.7 Å². The molecular weight excluding hydrogens is 350 g/mol. The summed E-state index contributed by atoms with van der Waals surface area (Å²) in [6.07, 6.45) is 1.57. The monoisotopic (exact) mass is 375 g/mol. The number of nitrogens with zero attached hydrogens (tertiary/aromatic N) is 3. The van der Waals surface area contributed by atoms with E-state index < -0.39 is 17.8 Å². The number of ether oxygens (including phenoxy) is 2. The number of urea groups is 1. The molecule has 8 heteroatoms. The summed E-state index contributed by atoms with van der Waals surface area (Å²) in [6, 6.07) is 4.83. The summed E-state index contributed by atoms with van der Waals surface area (Å²) in [5.41, 5.74) is 0.720. The number of piperazine rings is 1. The van der Waals surface area contributed by atoms with Gasteiger partial charge in [-0.15, -0.1) is 6.58 Å². The van der Waals surface area contributed by atoms with Crippen molar-refractivity contribution in [2.24, 2.45) is 0 Å². The minimum absolute atomic E-state index is 0.167. The lowest BCUT2D eigenvalue weighted by Crippen LogP contribution is -2.58. The first-order valence-corrected chi connectivity index (χ1v) is 8.68.